The van der Waals surface area contributed by atoms with Gasteiger partial charge >= 0.3 is 17.9 Å². The number of hydrogen-bond acceptors (Lipinski definition) is 6. The molecule has 0 saturated heterocycles. The molecule has 0 aliphatic rings. The Hall–Kier alpha value is -2.63. The molecule has 6 nitrogen and oxygen atoms in total. The molecule has 0 unspecified atom stereocenters. The molecule has 1 aromatic carbocycles. The fourth-order valence-corrected chi connectivity index (χ4v) is 1.73. The standard InChI is InChI=1S/C19H24O6/c1-8-15(20)23-14-10-12(16(21)24-18(2,3)4)9-13(11-14)17(22)25-19(5,6)7/h8-11H,1H2,2-7H3. The third-order valence-corrected chi connectivity index (χ3v) is 2.56. The van der Waals surface area contributed by atoms with Gasteiger partial charge in [0, 0.05) is 6.08 Å². The number of ether oxygens (including phenoxy) is 3. The first-order valence-electron chi connectivity index (χ1n) is 7.77. The maximum atomic E-state index is 12.3. The van der Waals surface area contributed by atoms with Crippen LogP contribution < -0.4 is 4.74 Å². The molecule has 0 amide bonds. The third-order valence-electron chi connectivity index (χ3n) is 2.56. The van der Waals surface area contributed by atoms with Crippen LogP contribution >= 0.6 is 0 Å². The molecule has 0 aliphatic carbocycles. The Labute approximate surface area is 147 Å². The predicted molar refractivity (Wildman–Crippen MR) is 92.6 cm³/mol. The summed E-state index contributed by atoms with van der Waals surface area (Å²) in [6.45, 7) is 13.7. The number of hydrogen-bond donors (Lipinski definition) is 0. The van der Waals surface area contributed by atoms with Crippen LogP contribution in [0.3, 0.4) is 0 Å². The van der Waals surface area contributed by atoms with Crippen molar-refractivity contribution in [2.24, 2.45) is 0 Å². The highest BCUT2D eigenvalue weighted by molar-refractivity contribution is 5.96. The van der Waals surface area contributed by atoms with E-state index in [2.05, 4.69) is 6.58 Å². The number of carbonyl (C=O) groups excluding carboxylic acids is 3. The van der Waals surface area contributed by atoms with E-state index in [0.29, 0.717) is 0 Å². The molecule has 0 spiro atoms. The Morgan fingerprint density at radius 1 is 0.840 bits per heavy atom. The minimum atomic E-state index is -0.712. The summed E-state index contributed by atoms with van der Waals surface area (Å²) < 4.78 is 15.6. The highest BCUT2D eigenvalue weighted by Crippen LogP contribution is 2.22. The summed E-state index contributed by atoms with van der Waals surface area (Å²) in [7, 11) is 0. The molecule has 0 saturated carbocycles. The van der Waals surface area contributed by atoms with Gasteiger partial charge in [-0.1, -0.05) is 6.58 Å². The SMILES string of the molecule is C=CC(=O)Oc1cc(C(=O)OC(C)(C)C)cc(C(=O)OC(C)(C)C)c1. The van der Waals surface area contributed by atoms with Gasteiger partial charge in [-0.05, 0) is 59.7 Å². The van der Waals surface area contributed by atoms with Crippen LogP contribution in [0.25, 0.3) is 0 Å². The van der Waals surface area contributed by atoms with Gasteiger partial charge in [0.2, 0.25) is 0 Å². The third kappa shape index (κ3) is 7.20. The van der Waals surface area contributed by atoms with Gasteiger partial charge in [-0.2, -0.15) is 0 Å². The molecule has 1 aromatic rings. The van der Waals surface area contributed by atoms with Gasteiger partial charge in [-0.25, -0.2) is 14.4 Å². The normalized spacial score (nSPS) is 11.4. The Morgan fingerprint density at radius 2 is 1.24 bits per heavy atom. The van der Waals surface area contributed by atoms with Crippen molar-refractivity contribution < 1.29 is 28.6 Å². The molecule has 0 aliphatic heterocycles. The second-order valence-corrected chi connectivity index (χ2v) is 7.38. The molecular weight excluding hydrogens is 324 g/mol. The molecule has 0 N–H and O–H groups in total. The van der Waals surface area contributed by atoms with E-state index in [-0.39, 0.29) is 16.9 Å². The molecule has 0 radical (unpaired) electrons. The van der Waals surface area contributed by atoms with Gasteiger partial charge in [0.1, 0.15) is 17.0 Å². The zero-order valence-corrected chi connectivity index (χ0v) is 15.5. The lowest BCUT2D eigenvalue weighted by molar-refractivity contribution is -0.129. The first-order valence-corrected chi connectivity index (χ1v) is 7.77. The zero-order chi connectivity index (χ0) is 19.4. The number of rotatable bonds is 4. The van der Waals surface area contributed by atoms with E-state index in [1.807, 2.05) is 0 Å². The minimum Gasteiger partial charge on any atom is -0.456 e. The molecule has 6 heteroatoms. The number of carbonyl (C=O) groups is 3. The lowest BCUT2D eigenvalue weighted by Crippen LogP contribution is -2.25. The van der Waals surface area contributed by atoms with Crippen LogP contribution in [0.15, 0.2) is 30.9 Å². The van der Waals surface area contributed by atoms with Crippen LogP contribution in [0.1, 0.15) is 62.3 Å². The summed E-state index contributed by atoms with van der Waals surface area (Å²) in [5, 5.41) is 0. The van der Waals surface area contributed by atoms with Crippen LogP contribution in [0.2, 0.25) is 0 Å². The lowest BCUT2D eigenvalue weighted by Gasteiger charge is -2.21. The van der Waals surface area contributed by atoms with Crippen molar-refractivity contribution in [3.8, 4) is 5.75 Å². The highest BCUT2D eigenvalue weighted by atomic mass is 16.6. The van der Waals surface area contributed by atoms with Crippen molar-refractivity contribution in [2.45, 2.75) is 52.7 Å². The van der Waals surface area contributed by atoms with Gasteiger partial charge in [-0.15, -0.1) is 0 Å². The second kappa shape index (κ2) is 7.51. The van der Waals surface area contributed by atoms with E-state index in [9.17, 15) is 14.4 Å². The molecule has 0 bridgehead atoms. The second-order valence-electron chi connectivity index (χ2n) is 7.38. The van der Waals surface area contributed by atoms with Gasteiger partial charge in [-0.3, -0.25) is 0 Å². The average Bonchev–Trinajstić information content (AvgIpc) is 2.43. The summed E-state index contributed by atoms with van der Waals surface area (Å²) in [6, 6.07) is 3.99. The number of esters is 3. The topological polar surface area (TPSA) is 78.9 Å². The van der Waals surface area contributed by atoms with Gasteiger partial charge in [0.25, 0.3) is 0 Å². The van der Waals surface area contributed by atoms with E-state index in [1.54, 1.807) is 41.5 Å². The first-order chi connectivity index (χ1) is 11.3. The summed E-state index contributed by atoms with van der Waals surface area (Å²) in [6.07, 6.45) is 0.979. The molecule has 0 aromatic heterocycles. The van der Waals surface area contributed by atoms with Crippen LogP contribution in [0.5, 0.6) is 5.75 Å². The van der Waals surface area contributed by atoms with Crippen molar-refractivity contribution in [1.82, 2.24) is 0 Å². The molecule has 0 fully saturated rings. The lowest BCUT2D eigenvalue weighted by atomic mass is 10.1. The molecule has 25 heavy (non-hydrogen) atoms. The average molecular weight is 348 g/mol. The number of benzene rings is 1. The van der Waals surface area contributed by atoms with Gasteiger partial charge in [0.15, 0.2) is 0 Å². The zero-order valence-electron chi connectivity index (χ0n) is 15.5. The Bertz CT molecular complexity index is 643. The fraction of sp³-hybridized carbons (Fsp3) is 0.421. The quantitative estimate of drug-likeness (QED) is 0.469. The van der Waals surface area contributed by atoms with Crippen LogP contribution in [-0.4, -0.2) is 29.1 Å². The molecule has 136 valence electrons. The van der Waals surface area contributed by atoms with E-state index in [0.717, 1.165) is 6.08 Å². The van der Waals surface area contributed by atoms with Crippen molar-refractivity contribution in [2.75, 3.05) is 0 Å². The molecule has 0 heterocycles. The van der Waals surface area contributed by atoms with Crippen LogP contribution in [0, 0.1) is 0 Å². The Morgan fingerprint density at radius 3 is 1.56 bits per heavy atom. The molecular formula is C19H24O6. The first kappa shape index (κ1) is 20.4. The van der Waals surface area contributed by atoms with E-state index >= 15 is 0 Å². The predicted octanol–water partition coefficient (Wildman–Crippen LogP) is 3.69. The van der Waals surface area contributed by atoms with E-state index in [4.69, 9.17) is 14.2 Å². The largest absolute Gasteiger partial charge is 0.456 e. The maximum Gasteiger partial charge on any atom is 0.338 e. The molecule has 1 rings (SSSR count). The smallest absolute Gasteiger partial charge is 0.338 e. The highest BCUT2D eigenvalue weighted by Gasteiger charge is 2.23. The van der Waals surface area contributed by atoms with E-state index < -0.39 is 29.1 Å². The maximum absolute atomic E-state index is 12.3. The minimum absolute atomic E-state index is 0.0223. The van der Waals surface area contributed by atoms with Crippen molar-refractivity contribution in [3.05, 3.63) is 42.0 Å². The van der Waals surface area contributed by atoms with Gasteiger partial charge in [0.05, 0.1) is 11.1 Å². The van der Waals surface area contributed by atoms with Crippen LogP contribution in [0.4, 0.5) is 0 Å². The summed E-state index contributed by atoms with van der Waals surface area (Å²) >= 11 is 0. The summed E-state index contributed by atoms with van der Waals surface area (Å²) in [5.74, 6) is -1.98. The van der Waals surface area contributed by atoms with Crippen molar-refractivity contribution in [3.63, 3.8) is 0 Å². The Balaban J connectivity index is 3.27. The van der Waals surface area contributed by atoms with E-state index in [1.165, 1.54) is 18.2 Å². The van der Waals surface area contributed by atoms with Gasteiger partial charge < -0.3 is 14.2 Å². The van der Waals surface area contributed by atoms with Crippen LogP contribution in [-0.2, 0) is 14.3 Å². The fourth-order valence-electron chi connectivity index (χ4n) is 1.73. The molecule has 0 atom stereocenters. The monoisotopic (exact) mass is 348 g/mol. The summed E-state index contributed by atoms with van der Waals surface area (Å²) in [4.78, 5) is 36.0. The van der Waals surface area contributed by atoms with Crippen molar-refractivity contribution in [1.29, 1.82) is 0 Å². The van der Waals surface area contributed by atoms with Crippen molar-refractivity contribution >= 4 is 17.9 Å². The Kier molecular flexibility index (Phi) is 6.13. The summed E-state index contributed by atoms with van der Waals surface area (Å²) in [5.41, 5.74) is -1.27.